The van der Waals surface area contributed by atoms with Crippen LogP contribution in [0.25, 0.3) is 0 Å². The monoisotopic (exact) mass is 385 g/mol. The molecule has 3 rings (SSSR count). The van der Waals surface area contributed by atoms with Crippen LogP contribution in [-0.4, -0.2) is 50.5 Å². The van der Waals surface area contributed by atoms with Crippen molar-refractivity contribution < 1.29 is 4.90 Å². The van der Waals surface area contributed by atoms with Gasteiger partial charge in [-0.3, -0.25) is 5.01 Å². The molecular formula is C22H30ClN4+. The Morgan fingerprint density at radius 3 is 2.33 bits per heavy atom. The van der Waals surface area contributed by atoms with Crippen LogP contribution in [0.2, 0.25) is 5.02 Å². The number of hydrogen-bond acceptors (Lipinski definition) is 3. The van der Waals surface area contributed by atoms with Gasteiger partial charge in [-0.1, -0.05) is 41.9 Å². The minimum atomic E-state index is 0.874. The van der Waals surface area contributed by atoms with Crippen LogP contribution in [0.1, 0.15) is 25.0 Å². The fourth-order valence-corrected chi connectivity index (χ4v) is 3.73. The van der Waals surface area contributed by atoms with Crippen LogP contribution in [0.3, 0.4) is 0 Å². The van der Waals surface area contributed by atoms with Crippen molar-refractivity contribution in [3.8, 4) is 0 Å². The fraction of sp³-hybridized carbons (Fsp3) is 0.409. The molecule has 0 saturated carbocycles. The fourth-order valence-electron chi connectivity index (χ4n) is 3.52. The van der Waals surface area contributed by atoms with Crippen LogP contribution in [0, 0.1) is 0 Å². The van der Waals surface area contributed by atoms with Gasteiger partial charge >= 0.3 is 0 Å². The lowest BCUT2D eigenvalue weighted by atomic mass is 10.2. The molecule has 2 aromatic carbocycles. The highest BCUT2D eigenvalue weighted by atomic mass is 35.5. The average molecular weight is 386 g/mol. The molecule has 0 spiro atoms. The molecule has 5 heteroatoms. The Morgan fingerprint density at radius 2 is 1.70 bits per heavy atom. The van der Waals surface area contributed by atoms with Gasteiger partial charge in [0.15, 0.2) is 0 Å². The number of nitrogens with one attached hydrogen (secondary N) is 1. The van der Waals surface area contributed by atoms with Crippen molar-refractivity contribution in [1.82, 2.24) is 5.01 Å². The van der Waals surface area contributed by atoms with Crippen molar-refractivity contribution >= 4 is 23.5 Å². The third kappa shape index (κ3) is 5.47. The van der Waals surface area contributed by atoms with Crippen LogP contribution >= 0.6 is 11.6 Å². The normalized spacial score (nSPS) is 15.4. The standard InChI is InChI=1S/C22H29ClN4/c1-3-26(4-2)21-11-9-19(10-12-21)17-24-27-15-13-25(14-16-27)18-20-7-5-6-8-22(20)23/h5-12,17H,3-4,13-16,18H2,1-2H3/p+1. The molecule has 1 heterocycles. The van der Waals surface area contributed by atoms with Crippen molar-refractivity contribution in [3.63, 3.8) is 0 Å². The number of hydrogen-bond donors (Lipinski definition) is 1. The van der Waals surface area contributed by atoms with E-state index in [1.165, 1.54) is 11.3 Å². The summed E-state index contributed by atoms with van der Waals surface area (Å²) in [5, 5.41) is 7.73. The molecule has 0 aromatic heterocycles. The third-order valence-electron chi connectivity index (χ3n) is 5.24. The van der Waals surface area contributed by atoms with Crippen LogP contribution in [0.4, 0.5) is 5.69 Å². The van der Waals surface area contributed by atoms with Crippen LogP contribution < -0.4 is 9.80 Å². The number of quaternary nitrogens is 1. The SMILES string of the molecule is CCN(CC)c1ccc(C=NN2CC[NH+](Cc3ccccc3Cl)CC2)cc1. The number of benzene rings is 2. The highest BCUT2D eigenvalue weighted by Crippen LogP contribution is 2.15. The summed E-state index contributed by atoms with van der Waals surface area (Å²) in [6.07, 6.45) is 1.98. The second-order valence-electron chi connectivity index (χ2n) is 6.98. The van der Waals surface area contributed by atoms with Crippen LogP contribution in [-0.2, 0) is 6.54 Å². The zero-order chi connectivity index (χ0) is 19.1. The van der Waals surface area contributed by atoms with Gasteiger partial charge in [-0.15, -0.1) is 0 Å². The molecule has 1 fully saturated rings. The minimum absolute atomic E-state index is 0.874. The molecule has 27 heavy (non-hydrogen) atoms. The molecule has 0 radical (unpaired) electrons. The number of halogens is 1. The summed E-state index contributed by atoms with van der Waals surface area (Å²) < 4.78 is 0. The van der Waals surface area contributed by atoms with E-state index >= 15 is 0 Å². The Morgan fingerprint density at radius 1 is 1.04 bits per heavy atom. The van der Waals surface area contributed by atoms with Gasteiger partial charge in [0.25, 0.3) is 0 Å². The Labute approximate surface area is 168 Å². The molecule has 144 valence electrons. The topological polar surface area (TPSA) is 23.3 Å². The van der Waals surface area contributed by atoms with Gasteiger partial charge in [0.05, 0.1) is 32.4 Å². The Balaban J connectivity index is 1.49. The van der Waals surface area contributed by atoms with E-state index in [1.807, 2.05) is 18.3 Å². The first kappa shape index (κ1) is 19.7. The van der Waals surface area contributed by atoms with E-state index in [4.69, 9.17) is 11.6 Å². The van der Waals surface area contributed by atoms with E-state index in [2.05, 4.69) is 65.3 Å². The van der Waals surface area contributed by atoms with Crippen LogP contribution in [0.15, 0.2) is 53.6 Å². The first-order valence-corrected chi connectivity index (χ1v) is 10.3. The van der Waals surface area contributed by atoms with E-state index < -0.39 is 0 Å². The van der Waals surface area contributed by atoms with E-state index in [0.29, 0.717) is 0 Å². The number of piperazine rings is 1. The van der Waals surface area contributed by atoms with Crippen molar-refractivity contribution in [1.29, 1.82) is 0 Å². The van der Waals surface area contributed by atoms with Crippen molar-refractivity contribution in [3.05, 3.63) is 64.7 Å². The smallest absolute Gasteiger partial charge is 0.104 e. The first-order valence-electron chi connectivity index (χ1n) is 9.90. The third-order valence-corrected chi connectivity index (χ3v) is 5.61. The molecule has 0 aliphatic carbocycles. The van der Waals surface area contributed by atoms with E-state index in [1.54, 1.807) is 4.90 Å². The van der Waals surface area contributed by atoms with Gasteiger partial charge in [0.1, 0.15) is 6.54 Å². The van der Waals surface area contributed by atoms with Gasteiger partial charge in [0, 0.05) is 29.4 Å². The predicted octanol–water partition coefficient (Wildman–Crippen LogP) is 2.92. The maximum absolute atomic E-state index is 6.29. The Kier molecular flexibility index (Phi) is 7.13. The highest BCUT2D eigenvalue weighted by molar-refractivity contribution is 6.31. The molecule has 2 aromatic rings. The molecule has 0 amide bonds. The molecule has 1 aliphatic rings. The molecule has 1 saturated heterocycles. The van der Waals surface area contributed by atoms with Crippen LogP contribution in [0.5, 0.6) is 0 Å². The zero-order valence-corrected chi connectivity index (χ0v) is 17.1. The van der Waals surface area contributed by atoms with E-state index in [0.717, 1.165) is 56.4 Å². The average Bonchev–Trinajstić information content (AvgIpc) is 2.71. The van der Waals surface area contributed by atoms with Gasteiger partial charge in [-0.25, -0.2) is 0 Å². The molecule has 1 N–H and O–H groups in total. The largest absolute Gasteiger partial charge is 0.372 e. The quantitative estimate of drug-likeness (QED) is 0.741. The van der Waals surface area contributed by atoms with Gasteiger partial charge in [-0.2, -0.15) is 5.10 Å². The number of rotatable bonds is 7. The van der Waals surface area contributed by atoms with E-state index in [-0.39, 0.29) is 0 Å². The second kappa shape index (κ2) is 9.77. The summed E-state index contributed by atoms with van der Waals surface area (Å²) in [6, 6.07) is 16.8. The number of anilines is 1. The molecule has 0 atom stereocenters. The van der Waals surface area contributed by atoms with E-state index in [9.17, 15) is 0 Å². The van der Waals surface area contributed by atoms with Crippen molar-refractivity contribution in [2.24, 2.45) is 5.10 Å². The first-order chi connectivity index (χ1) is 13.2. The number of nitrogens with zero attached hydrogens (tertiary/aromatic N) is 3. The minimum Gasteiger partial charge on any atom is -0.372 e. The lowest BCUT2D eigenvalue weighted by Crippen LogP contribution is -3.13. The summed E-state index contributed by atoms with van der Waals surface area (Å²) >= 11 is 6.29. The summed E-state index contributed by atoms with van der Waals surface area (Å²) in [4.78, 5) is 3.92. The van der Waals surface area contributed by atoms with Gasteiger partial charge in [-0.05, 0) is 37.6 Å². The Hall–Kier alpha value is -2.04. The molecular weight excluding hydrogens is 356 g/mol. The Bertz CT molecular complexity index is 732. The van der Waals surface area contributed by atoms with Crippen molar-refractivity contribution in [2.75, 3.05) is 44.2 Å². The zero-order valence-electron chi connectivity index (χ0n) is 16.4. The molecule has 4 nitrogen and oxygen atoms in total. The summed E-state index contributed by atoms with van der Waals surface area (Å²) in [6.45, 7) is 11.6. The number of hydrazone groups is 1. The lowest BCUT2D eigenvalue weighted by molar-refractivity contribution is -0.918. The molecule has 0 bridgehead atoms. The van der Waals surface area contributed by atoms with Gasteiger partial charge in [0.2, 0.25) is 0 Å². The maximum Gasteiger partial charge on any atom is 0.104 e. The maximum atomic E-state index is 6.29. The highest BCUT2D eigenvalue weighted by Gasteiger charge is 2.19. The summed E-state index contributed by atoms with van der Waals surface area (Å²) in [5.41, 5.74) is 3.66. The molecule has 0 unspecified atom stereocenters. The predicted molar refractivity (Wildman–Crippen MR) is 115 cm³/mol. The lowest BCUT2D eigenvalue weighted by Gasteiger charge is -2.30. The van der Waals surface area contributed by atoms with Gasteiger partial charge < -0.3 is 9.80 Å². The second-order valence-corrected chi connectivity index (χ2v) is 7.39. The van der Waals surface area contributed by atoms with Crippen molar-refractivity contribution in [2.45, 2.75) is 20.4 Å². The summed E-state index contributed by atoms with van der Waals surface area (Å²) in [5.74, 6) is 0. The summed E-state index contributed by atoms with van der Waals surface area (Å²) in [7, 11) is 0. The molecule has 1 aliphatic heterocycles.